The third kappa shape index (κ3) is 2.59. The Kier molecular flexibility index (Phi) is 3.96. The van der Waals surface area contributed by atoms with Gasteiger partial charge < -0.3 is 9.15 Å². The summed E-state index contributed by atoms with van der Waals surface area (Å²) in [4.78, 5) is 24.1. The first-order chi connectivity index (χ1) is 9.67. The van der Waals surface area contributed by atoms with Crippen LogP contribution in [0.2, 0.25) is 0 Å². The molecule has 5 nitrogen and oxygen atoms in total. The molecule has 0 N–H and O–H groups in total. The van der Waals surface area contributed by atoms with Gasteiger partial charge in [0, 0.05) is 5.56 Å². The van der Waals surface area contributed by atoms with Gasteiger partial charge in [0.1, 0.15) is 0 Å². The number of ketones is 1. The van der Waals surface area contributed by atoms with Crippen LogP contribution < -0.4 is 0 Å². The van der Waals surface area contributed by atoms with Crippen molar-refractivity contribution in [2.45, 2.75) is 6.92 Å². The number of nitriles is 1. The maximum absolute atomic E-state index is 12.3. The van der Waals surface area contributed by atoms with Crippen molar-refractivity contribution in [1.29, 1.82) is 5.26 Å². The van der Waals surface area contributed by atoms with Gasteiger partial charge in [-0.1, -0.05) is 0 Å². The van der Waals surface area contributed by atoms with Crippen molar-refractivity contribution in [3.05, 3.63) is 59.0 Å². The lowest BCUT2D eigenvalue weighted by atomic mass is 9.99. The standard InChI is InChI=1S/C15H11NO4/c1-2-19-15(18)11-6-5-10(9-16)8-12(11)14(17)13-4-3-7-20-13/h3-8H,2H2,1H3. The van der Waals surface area contributed by atoms with Crippen LogP contribution in [0.4, 0.5) is 0 Å². The fourth-order valence-electron chi connectivity index (χ4n) is 1.73. The summed E-state index contributed by atoms with van der Waals surface area (Å²) in [5, 5.41) is 8.91. The number of nitrogens with zero attached hydrogens (tertiary/aromatic N) is 1. The normalized spacial score (nSPS) is 9.80. The molecule has 0 atom stereocenters. The zero-order valence-corrected chi connectivity index (χ0v) is 10.8. The van der Waals surface area contributed by atoms with Crippen LogP contribution in [0.3, 0.4) is 0 Å². The van der Waals surface area contributed by atoms with E-state index in [1.807, 2.05) is 6.07 Å². The minimum atomic E-state index is -0.605. The van der Waals surface area contributed by atoms with Gasteiger partial charge in [-0.2, -0.15) is 5.26 Å². The predicted molar refractivity (Wildman–Crippen MR) is 69.3 cm³/mol. The van der Waals surface area contributed by atoms with Gasteiger partial charge in [0.15, 0.2) is 5.76 Å². The predicted octanol–water partition coefficient (Wildman–Crippen LogP) is 2.56. The average molecular weight is 269 g/mol. The second kappa shape index (κ2) is 5.85. The minimum Gasteiger partial charge on any atom is -0.462 e. The number of carbonyl (C=O) groups excluding carboxylic acids is 2. The lowest BCUT2D eigenvalue weighted by Crippen LogP contribution is -2.12. The summed E-state index contributed by atoms with van der Waals surface area (Å²) in [6.07, 6.45) is 1.37. The van der Waals surface area contributed by atoms with Gasteiger partial charge in [0.2, 0.25) is 5.78 Å². The highest BCUT2D eigenvalue weighted by molar-refractivity contribution is 6.13. The summed E-state index contributed by atoms with van der Waals surface area (Å²) >= 11 is 0. The molecule has 0 saturated heterocycles. The molecule has 1 heterocycles. The molecule has 1 aromatic heterocycles. The fourth-order valence-corrected chi connectivity index (χ4v) is 1.73. The first-order valence-corrected chi connectivity index (χ1v) is 5.96. The summed E-state index contributed by atoms with van der Waals surface area (Å²) < 4.78 is 9.94. The van der Waals surface area contributed by atoms with Crippen molar-refractivity contribution in [2.24, 2.45) is 0 Å². The molecule has 100 valence electrons. The van der Waals surface area contributed by atoms with E-state index in [9.17, 15) is 9.59 Å². The Morgan fingerprint density at radius 3 is 2.70 bits per heavy atom. The van der Waals surface area contributed by atoms with Crippen molar-refractivity contribution in [2.75, 3.05) is 6.61 Å². The van der Waals surface area contributed by atoms with Gasteiger partial charge >= 0.3 is 5.97 Å². The number of benzene rings is 1. The highest BCUT2D eigenvalue weighted by Gasteiger charge is 2.21. The molecule has 0 spiro atoms. The smallest absolute Gasteiger partial charge is 0.338 e. The Hall–Kier alpha value is -2.87. The van der Waals surface area contributed by atoms with Crippen molar-refractivity contribution in [3.63, 3.8) is 0 Å². The third-order valence-corrected chi connectivity index (χ3v) is 2.63. The van der Waals surface area contributed by atoms with Crippen molar-refractivity contribution < 1.29 is 18.7 Å². The largest absolute Gasteiger partial charge is 0.462 e. The minimum absolute atomic E-state index is 0.0949. The topological polar surface area (TPSA) is 80.3 Å². The molecule has 0 aliphatic heterocycles. The Morgan fingerprint density at radius 1 is 1.30 bits per heavy atom. The zero-order chi connectivity index (χ0) is 14.5. The molecule has 20 heavy (non-hydrogen) atoms. The number of rotatable bonds is 4. The van der Waals surface area contributed by atoms with Crippen LogP contribution in [0, 0.1) is 11.3 Å². The second-order valence-electron chi connectivity index (χ2n) is 3.90. The van der Waals surface area contributed by atoms with Crippen molar-refractivity contribution in [1.82, 2.24) is 0 Å². The molecule has 1 aromatic carbocycles. The van der Waals surface area contributed by atoms with Gasteiger partial charge in [-0.15, -0.1) is 0 Å². The Bertz CT molecular complexity index is 680. The highest BCUT2D eigenvalue weighted by Crippen LogP contribution is 2.18. The van der Waals surface area contributed by atoms with E-state index in [1.165, 1.54) is 30.5 Å². The fraction of sp³-hybridized carbons (Fsp3) is 0.133. The average Bonchev–Trinajstić information content (AvgIpc) is 3.00. The third-order valence-electron chi connectivity index (χ3n) is 2.63. The van der Waals surface area contributed by atoms with E-state index in [-0.39, 0.29) is 29.1 Å². The molecular weight excluding hydrogens is 258 g/mol. The van der Waals surface area contributed by atoms with Crippen molar-refractivity contribution in [3.8, 4) is 6.07 Å². The molecule has 0 fully saturated rings. The van der Waals surface area contributed by atoms with E-state index in [2.05, 4.69) is 0 Å². The SMILES string of the molecule is CCOC(=O)c1ccc(C#N)cc1C(=O)c1ccco1. The number of carbonyl (C=O) groups is 2. The lowest BCUT2D eigenvalue weighted by molar-refractivity contribution is 0.0523. The second-order valence-corrected chi connectivity index (χ2v) is 3.90. The molecule has 5 heteroatoms. The van der Waals surface area contributed by atoms with E-state index in [4.69, 9.17) is 14.4 Å². The summed E-state index contributed by atoms with van der Waals surface area (Å²) in [7, 11) is 0. The number of furan rings is 1. The molecule has 2 rings (SSSR count). The Labute approximate surface area is 115 Å². The van der Waals surface area contributed by atoms with E-state index in [0.717, 1.165) is 0 Å². The Balaban J connectivity index is 2.51. The van der Waals surface area contributed by atoms with Gasteiger partial charge in [0.05, 0.1) is 30.1 Å². The molecule has 0 saturated carbocycles. The molecule has 0 radical (unpaired) electrons. The number of ether oxygens (including phenoxy) is 1. The van der Waals surface area contributed by atoms with Crippen LogP contribution in [0.1, 0.15) is 39.0 Å². The summed E-state index contributed by atoms with van der Waals surface area (Å²) in [5.74, 6) is -0.965. The van der Waals surface area contributed by atoms with Crippen molar-refractivity contribution >= 4 is 11.8 Å². The molecule has 0 aliphatic carbocycles. The molecular formula is C15H11NO4. The lowest BCUT2D eigenvalue weighted by Gasteiger charge is -2.07. The molecule has 2 aromatic rings. The van der Waals surface area contributed by atoms with E-state index >= 15 is 0 Å². The number of hydrogen-bond acceptors (Lipinski definition) is 5. The highest BCUT2D eigenvalue weighted by atomic mass is 16.5. The van der Waals surface area contributed by atoms with Gasteiger partial charge in [-0.3, -0.25) is 4.79 Å². The van der Waals surface area contributed by atoms with Crippen LogP contribution in [0.15, 0.2) is 41.0 Å². The quantitative estimate of drug-likeness (QED) is 0.629. The number of hydrogen-bond donors (Lipinski definition) is 0. The molecule has 0 unspecified atom stereocenters. The van der Waals surface area contributed by atoms with Gasteiger partial charge in [-0.05, 0) is 37.3 Å². The zero-order valence-electron chi connectivity index (χ0n) is 10.8. The van der Waals surface area contributed by atoms with E-state index < -0.39 is 11.8 Å². The Morgan fingerprint density at radius 2 is 2.10 bits per heavy atom. The monoisotopic (exact) mass is 269 g/mol. The molecule has 0 aliphatic rings. The summed E-state index contributed by atoms with van der Waals surface area (Å²) in [5.41, 5.74) is 0.498. The van der Waals surface area contributed by atoms with Crippen LogP contribution in [-0.2, 0) is 4.74 Å². The van der Waals surface area contributed by atoms with E-state index in [0.29, 0.717) is 0 Å². The maximum atomic E-state index is 12.3. The van der Waals surface area contributed by atoms with Crippen LogP contribution in [-0.4, -0.2) is 18.4 Å². The first-order valence-electron chi connectivity index (χ1n) is 5.96. The summed E-state index contributed by atoms with van der Waals surface area (Å²) in [6.45, 7) is 1.88. The van der Waals surface area contributed by atoms with Gasteiger partial charge in [0.25, 0.3) is 0 Å². The van der Waals surface area contributed by atoms with Gasteiger partial charge in [-0.25, -0.2) is 4.79 Å². The van der Waals surface area contributed by atoms with Crippen LogP contribution in [0.25, 0.3) is 0 Å². The summed E-state index contributed by atoms with van der Waals surface area (Å²) in [6, 6.07) is 9.23. The first kappa shape index (κ1) is 13.6. The molecule has 0 amide bonds. The van der Waals surface area contributed by atoms with E-state index in [1.54, 1.807) is 13.0 Å². The number of esters is 1. The van der Waals surface area contributed by atoms with Crippen LogP contribution in [0.5, 0.6) is 0 Å². The molecule has 0 bridgehead atoms. The van der Waals surface area contributed by atoms with Crippen LogP contribution >= 0.6 is 0 Å². The maximum Gasteiger partial charge on any atom is 0.338 e.